The summed E-state index contributed by atoms with van der Waals surface area (Å²) in [7, 11) is 1.68. The van der Waals surface area contributed by atoms with Gasteiger partial charge >= 0.3 is 0 Å². The number of nitrogens with zero attached hydrogens (tertiary/aromatic N) is 3. The maximum Gasteiger partial charge on any atom is 0.271 e. The van der Waals surface area contributed by atoms with Crippen molar-refractivity contribution in [3.63, 3.8) is 0 Å². The number of rotatable bonds is 4. The second-order valence-corrected chi connectivity index (χ2v) is 12.5. The fraction of sp³-hybridized carbons (Fsp3) is 0.176. The van der Waals surface area contributed by atoms with Crippen molar-refractivity contribution in [1.82, 2.24) is 9.13 Å². The van der Waals surface area contributed by atoms with Crippen LogP contribution in [0.1, 0.15) is 46.1 Å². The first-order valence-corrected chi connectivity index (χ1v) is 15.3. The van der Waals surface area contributed by atoms with Gasteiger partial charge in [-0.2, -0.15) is 0 Å². The smallest absolute Gasteiger partial charge is 0.271 e. The Morgan fingerprint density at radius 3 is 2.61 bits per heavy atom. The highest BCUT2D eigenvalue weighted by Gasteiger charge is 2.32. The standard InChI is InChI=1S/C34H28BrN3O2S/c1-20-17-24(21(2)37(20)26-14-12-25(35)13-15-26)19-30-33(39)38-32(23-8-6-9-27(18-23)40-3)29-16-11-22-7-4-5-10-28(22)31(29)36-34(38)41-30/h4-10,12-15,17-19,32H,11,16H2,1-3H3/b30-19+/t32-/m0/s1. The molecule has 0 amide bonds. The zero-order chi connectivity index (χ0) is 28.2. The zero-order valence-corrected chi connectivity index (χ0v) is 25.4. The lowest BCUT2D eigenvalue weighted by molar-refractivity contribution is 0.413. The molecule has 7 rings (SSSR count). The number of hydrogen-bond acceptors (Lipinski definition) is 4. The van der Waals surface area contributed by atoms with Crippen LogP contribution >= 0.6 is 27.3 Å². The molecule has 2 aliphatic rings. The maximum atomic E-state index is 14.2. The predicted octanol–water partition coefficient (Wildman–Crippen LogP) is 6.50. The Balaban J connectivity index is 1.44. The fourth-order valence-corrected chi connectivity index (χ4v) is 7.45. The van der Waals surface area contributed by atoms with Crippen molar-refractivity contribution in [1.29, 1.82) is 0 Å². The number of allylic oxidation sites excluding steroid dienone is 1. The first-order valence-electron chi connectivity index (χ1n) is 13.6. The summed E-state index contributed by atoms with van der Waals surface area (Å²) < 4.78 is 11.4. The molecule has 3 aromatic carbocycles. The Bertz CT molecular complexity index is 2050. The molecule has 0 bridgehead atoms. The molecule has 204 valence electrons. The molecule has 0 saturated carbocycles. The summed E-state index contributed by atoms with van der Waals surface area (Å²) in [6.07, 6.45) is 3.81. The van der Waals surface area contributed by atoms with Crippen LogP contribution in [0.3, 0.4) is 0 Å². The first-order chi connectivity index (χ1) is 19.9. The predicted molar refractivity (Wildman–Crippen MR) is 169 cm³/mol. The van der Waals surface area contributed by atoms with Crippen molar-refractivity contribution in [2.75, 3.05) is 7.11 Å². The zero-order valence-electron chi connectivity index (χ0n) is 23.0. The van der Waals surface area contributed by atoms with Gasteiger partial charge < -0.3 is 9.30 Å². The normalized spacial score (nSPS) is 16.2. The van der Waals surface area contributed by atoms with E-state index in [-0.39, 0.29) is 11.6 Å². The van der Waals surface area contributed by atoms with E-state index >= 15 is 0 Å². The topological polar surface area (TPSA) is 48.5 Å². The minimum Gasteiger partial charge on any atom is -0.497 e. The summed E-state index contributed by atoms with van der Waals surface area (Å²) in [6.45, 7) is 4.20. The van der Waals surface area contributed by atoms with Gasteiger partial charge in [0.1, 0.15) is 5.75 Å². The number of hydrogen-bond donors (Lipinski definition) is 0. The third-order valence-corrected chi connectivity index (χ3v) is 9.64. The van der Waals surface area contributed by atoms with Crippen molar-refractivity contribution < 1.29 is 4.74 Å². The van der Waals surface area contributed by atoms with E-state index < -0.39 is 0 Å². The molecule has 41 heavy (non-hydrogen) atoms. The molecular weight excluding hydrogens is 594 g/mol. The van der Waals surface area contributed by atoms with Gasteiger partial charge in [0.05, 0.1) is 23.4 Å². The van der Waals surface area contributed by atoms with Crippen LogP contribution in [0.5, 0.6) is 5.75 Å². The minimum atomic E-state index is -0.234. The average Bonchev–Trinajstić information content (AvgIpc) is 3.45. The van der Waals surface area contributed by atoms with Crippen LogP contribution < -0.4 is 19.6 Å². The third-order valence-electron chi connectivity index (χ3n) is 8.12. The summed E-state index contributed by atoms with van der Waals surface area (Å²) in [5, 5.41) is 0. The first kappa shape index (κ1) is 26.0. The summed E-state index contributed by atoms with van der Waals surface area (Å²) >= 11 is 5.00. The van der Waals surface area contributed by atoms with Gasteiger partial charge in [-0.1, -0.05) is 63.7 Å². The lowest BCUT2D eigenvalue weighted by Gasteiger charge is -2.31. The summed E-state index contributed by atoms with van der Waals surface area (Å²) in [5.74, 6) is 0.778. The Hall–Kier alpha value is -3.94. The molecule has 2 aromatic heterocycles. The fourth-order valence-electron chi connectivity index (χ4n) is 6.20. The van der Waals surface area contributed by atoms with Crippen LogP contribution in [0.25, 0.3) is 17.5 Å². The molecule has 3 heterocycles. The summed E-state index contributed by atoms with van der Waals surface area (Å²) in [4.78, 5) is 20.1. The van der Waals surface area contributed by atoms with E-state index in [1.54, 1.807) is 7.11 Å². The van der Waals surface area contributed by atoms with Crippen molar-refractivity contribution >= 4 is 39.0 Å². The van der Waals surface area contributed by atoms with Gasteiger partial charge in [0.2, 0.25) is 0 Å². The van der Waals surface area contributed by atoms with Crippen molar-refractivity contribution in [2.24, 2.45) is 4.99 Å². The van der Waals surface area contributed by atoms with E-state index in [1.165, 1.54) is 22.5 Å². The molecule has 0 N–H and O–H groups in total. The molecule has 1 aliphatic carbocycles. The van der Waals surface area contributed by atoms with Gasteiger partial charge in [0.25, 0.3) is 5.56 Å². The quantitative estimate of drug-likeness (QED) is 0.230. The summed E-state index contributed by atoms with van der Waals surface area (Å²) in [6, 6.07) is 26.8. The van der Waals surface area contributed by atoms with Crippen LogP contribution in [0, 0.1) is 13.8 Å². The molecular formula is C34H28BrN3O2S. The number of aromatic nitrogens is 2. The van der Waals surface area contributed by atoms with Crippen LogP contribution in [0.15, 0.2) is 98.7 Å². The molecule has 0 fully saturated rings. The van der Waals surface area contributed by atoms with E-state index in [9.17, 15) is 4.79 Å². The number of benzene rings is 3. The highest BCUT2D eigenvalue weighted by Crippen LogP contribution is 2.41. The number of aryl methyl sites for hydroxylation is 2. The van der Waals surface area contributed by atoms with E-state index in [4.69, 9.17) is 9.73 Å². The second kappa shape index (κ2) is 10.2. The van der Waals surface area contributed by atoms with Gasteiger partial charge in [-0.25, -0.2) is 4.99 Å². The molecule has 0 spiro atoms. The molecule has 0 saturated heterocycles. The van der Waals surface area contributed by atoms with Crippen LogP contribution in [0.4, 0.5) is 0 Å². The lowest BCUT2D eigenvalue weighted by Crippen LogP contribution is -2.38. The Kier molecular flexibility index (Phi) is 6.44. The number of thiazole rings is 1. The minimum absolute atomic E-state index is 0.0135. The Labute approximate surface area is 250 Å². The number of methoxy groups -OCH3 is 1. The molecule has 0 unspecified atom stereocenters. The highest BCUT2D eigenvalue weighted by atomic mass is 79.9. The van der Waals surface area contributed by atoms with Crippen LogP contribution in [-0.2, 0) is 6.42 Å². The second-order valence-electron chi connectivity index (χ2n) is 10.5. The lowest BCUT2D eigenvalue weighted by atomic mass is 9.83. The molecule has 5 nitrogen and oxygen atoms in total. The van der Waals surface area contributed by atoms with Crippen molar-refractivity contribution in [3.05, 3.63) is 142 Å². The van der Waals surface area contributed by atoms with E-state index in [2.05, 4.69) is 82.9 Å². The van der Waals surface area contributed by atoms with Gasteiger partial charge in [-0.3, -0.25) is 9.36 Å². The molecule has 0 radical (unpaired) electrons. The average molecular weight is 623 g/mol. The molecule has 7 heteroatoms. The molecule has 5 aromatic rings. The number of halogens is 1. The molecule has 1 aliphatic heterocycles. The van der Waals surface area contributed by atoms with E-state index in [0.29, 0.717) is 4.53 Å². The van der Waals surface area contributed by atoms with Crippen LogP contribution in [0.2, 0.25) is 0 Å². The monoisotopic (exact) mass is 621 g/mol. The summed E-state index contributed by atoms with van der Waals surface area (Å²) in [5.41, 5.74) is 10.0. The largest absolute Gasteiger partial charge is 0.497 e. The maximum absolute atomic E-state index is 14.2. The molecule has 1 atom stereocenters. The number of ether oxygens (including phenoxy) is 1. The van der Waals surface area contributed by atoms with Crippen molar-refractivity contribution in [3.8, 4) is 11.4 Å². The van der Waals surface area contributed by atoms with E-state index in [1.807, 2.05) is 41.0 Å². The Morgan fingerprint density at radius 2 is 1.80 bits per heavy atom. The third kappa shape index (κ3) is 4.35. The van der Waals surface area contributed by atoms with Gasteiger partial charge in [-0.15, -0.1) is 0 Å². The van der Waals surface area contributed by atoms with Gasteiger partial charge in [0, 0.05) is 27.1 Å². The highest BCUT2D eigenvalue weighted by molar-refractivity contribution is 9.10. The van der Waals surface area contributed by atoms with Gasteiger partial charge in [-0.05, 0) is 97.5 Å². The van der Waals surface area contributed by atoms with Gasteiger partial charge in [0.15, 0.2) is 4.80 Å². The van der Waals surface area contributed by atoms with Crippen molar-refractivity contribution in [2.45, 2.75) is 32.7 Å². The SMILES string of the molecule is COc1cccc([C@H]2C3=C(N=c4s/c(=C/c5cc(C)n(-c6ccc(Br)cc6)c5C)c(=O)n42)c2ccccc2CC3)c1. The van der Waals surface area contributed by atoms with Crippen LogP contribution in [-0.4, -0.2) is 16.2 Å². The van der Waals surface area contributed by atoms with E-state index in [0.717, 1.165) is 67.3 Å². The number of fused-ring (bicyclic) bond motifs is 3. The Morgan fingerprint density at radius 1 is 1.00 bits per heavy atom.